The van der Waals surface area contributed by atoms with Gasteiger partial charge in [-0.05, 0) is 45.0 Å². The third kappa shape index (κ3) is 7.67. The molecule has 2 aromatic carbocycles. The number of non-ortho nitro benzene ring substituents is 1. The van der Waals surface area contributed by atoms with Crippen molar-refractivity contribution in [2.24, 2.45) is 0 Å². The first-order valence-corrected chi connectivity index (χ1v) is 10.9. The summed E-state index contributed by atoms with van der Waals surface area (Å²) in [4.78, 5) is 22.6. The summed E-state index contributed by atoms with van der Waals surface area (Å²) >= 11 is 0. The van der Waals surface area contributed by atoms with Gasteiger partial charge in [-0.3, -0.25) is 14.9 Å². The van der Waals surface area contributed by atoms with Crippen molar-refractivity contribution in [3.8, 4) is 11.5 Å². The minimum Gasteiger partial charge on any atom is -0.461 e. The predicted molar refractivity (Wildman–Crippen MR) is 113 cm³/mol. The molecule has 1 N–H and O–H groups in total. The largest absolute Gasteiger partial charge is 0.513 e. The van der Waals surface area contributed by atoms with Gasteiger partial charge in [0.25, 0.3) is 5.69 Å². The van der Waals surface area contributed by atoms with Crippen molar-refractivity contribution in [2.75, 3.05) is 13.7 Å². The molecule has 2 aromatic rings. The number of para-hydroxylation sites is 1. The van der Waals surface area contributed by atoms with E-state index in [1.165, 1.54) is 38.3 Å². The number of ether oxygens (including phenoxy) is 2. The normalized spacial score (nSPS) is 14.2. The van der Waals surface area contributed by atoms with Crippen molar-refractivity contribution in [3.05, 3.63) is 64.7 Å². The quantitative estimate of drug-likeness (QED) is 0.232. The summed E-state index contributed by atoms with van der Waals surface area (Å²) in [5, 5.41) is 13.4. The van der Waals surface area contributed by atoms with E-state index in [1.807, 2.05) is 0 Å². The van der Waals surface area contributed by atoms with E-state index in [1.54, 1.807) is 44.2 Å². The van der Waals surface area contributed by atoms with Crippen molar-refractivity contribution < 1.29 is 32.8 Å². The van der Waals surface area contributed by atoms with Crippen LogP contribution in [0.25, 0.3) is 0 Å². The van der Waals surface area contributed by atoms with Crippen LogP contribution in [0.2, 0.25) is 0 Å². The Morgan fingerprint density at radius 1 is 1.10 bits per heavy atom. The monoisotopic (exact) mass is 452 g/mol. The molecule has 31 heavy (non-hydrogen) atoms. The molecule has 1 unspecified atom stereocenters. The van der Waals surface area contributed by atoms with Gasteiger partial charge in [0.05, 0.1) is 10.5 Å². The Kier molecular flexibility index (Phi) is 8.15. The second kappa shape index (κ2) is 10.4. The molecular formula is C20H25N2O8P. The second-order valence-electron chi connectivity index (χ2n) is 7.17. The van der Waals surface area contributed by atoms with Gasteiger partial charge in [0.1, 0.15) is 24.1 Å². The molecule has 0 bridgehead atoms. The zero-order valence-electron chi connectivity index (χ0n) is 17.6. The molecule has 2 atom stereocenters. The van der Waals surface area contributed by atoms with E-state index in [9.17, 15) is 19.5 Å². The Balaban J connectivity index is 2.18. The van der Waals surface area contributed by atoms with Gasteiger partial charge in [-0.2, -0.15) is 5.09 Å². The van der Waals surface area contributed by atoms with Gasteiger partial charge in [0.2, 0.25) is 0 Å². The highest BCUT2D eigenvalue weighted by atomic mass is 31.2. The number of carbonyl (C=O) groups excluding carboxylic acids is 1. The summed E-state index contributed by atoms with van der Waals surface area (Å²) in [6.45, 7) is 4.93. The lowest BCUT2D eigenvalue weighted by atomic mass is 10.1. The Hall–Kier alpha value is -2.94. The molecule has 0 aliphatic heterocycles. The molecule has 0 saturated heterocycles. The highest BCUT2D eigenvalue weighted by molar-refractivity contribution is 7.52. The highest BCUT2D eigenvalue weighted by Gasteiger charge is 2.34. The molecule has 0 fully saturated rings. The number of nitrogens with zero attached hydrogens (tertiary/aromatic N) is 1. The number of rotatable bonds is 11. The van der Waals surface area contributed by atoms with Gasteiger partial charge in [-0.15, -0.1) is 0 Å². The molecule has 10 nitrogen and oxygen atoms in total. The Morgan fingerprint density at radius 3 is 2.16 bits per heavy atom. The number of methoxy groups -OCH3 is 1. The van der Waals surface area contributed by atoms with E-state index in [-0.39, 0.29) is 23.8 Å². The number of nitro benzene ring substituents is 1. The number of hydrogen-bond acceptors (Lipinski definition) is 8. The Bertz CT molecular complexity index is 934. The van der Waals surface area contributed by atoms with Crippen LogP contribution in [0.15, 0.2) is 54.6 Å². The minimum atomic E-state index is -4.14. The predicted octanol–water partition coefficient (Wildman–Crippen LogP) is 4.11. The van der Waals surface area contributed by atoms with Crippen molar-refractivity contribution >= 4 is 19.4 Å². The van der Waals surface area contributed by atoms with Gasteiger partial charge in [-0.25, -0.2) is 4.57 Å². The topological polar surface area (TPSA) is 126 Å². The summed E-state index contributed by atoms with van der Waals surface area (Å²) < 4.78 is 34.9. The molecule has 0 aliphatic rings. The van der Waals surface area contributed by atoms with Crippen molar-refractivity contribution in [1.82, 2.24) is 5.09 Å². The maximum absolute atomic E-state index is 13.4. The first-order chi connectivity index (χ1) is 14.5. The summed E-state index contributed by atoms with van der Waals surface area (Å²) in [7, 11) is -2.64. The van der Waals surface area contributed by atoms with Gasteiger partial charge in [-0.1, -0.05) is 18.2 Å². The molecule has 0 spiro atoms. The van der Waals surface area contributed by atoms with Crippen LogP contribution in [-0.2, 0) is 18.8 Å². The molecule has 2 rings (SSSR count). The number of carbonyl (C=O) groups is 1. The lowest BCUT2D eigenvalue weighted by molar-refractivity contribution is -0.384. The number of hydrogen-bond donors (Lipinski definition) is 1. The van der Waals surface area contributed by atoms with Gasteiger partial charge in [0, 0.05) is 19.2 Å². The Morgan fingerprint density at radius 2 is 1.65 bits per heavy atom. The van der Waals surface area contributed by atoms with Gasteiger partial charge >= 0.3 is 13.7 Å². The van der Waals surface area contributed by atoms with Crippen LogP contribution in [0, 0.1) is 10.1 Å². The SMILES string of the molecule is COC(C)(C)COC(=O)[C@H](C)NP(=O)(Oc1ccccc1)Oc1ccc([N+](=O)[O-])cc1. The highest BCUT2D eigenvalue weighted by Crippen LogP contribution is 2.45. The molecule has 168 valence electrons. The molecule has 0 radical (unpaired) electrons. The van der Waals surface area contributed by atoms with Crippen molar-refractivity contribution in [2.45, 2.75) is 32.4 Å². The van der Waals surface area contributed by atoms with Gasteiger partial charge in [0.15, 0.2) is 0 Å². The average Bonchev–Trinajstić information content (AvgIpc) is 2.72. The Labute approximate surface area is 180 Å². The molecule has 0 saturated carbocycles. The molecule has 11 heteroatoms. The third-order valence-electron chi connectivity index (χ3n) is 4.06. The lowest BCUT2D eigenvalue weighted by Crippen LogP contribution is -2.39. The summed E-state index contributed by atoms with van der Waals surface area (Å²) in [5.41, 5.74) is -0.841. The van der Waals surface area contributed by atoms with E-state index in [4.69, 9.17) is 18.5 Å². The third-order valence-corrected chi connectivity index (χ3v) is 5.67. The van der Waals surface area contributed by atoms with Crippen molar-refractivity contribution in [3.63, 3.8) is 0 Å². The van der Waals surface area contributed by atoms with Gasteiger partial charge < -0.3 is 18.5 Å². The van der Waals surface area contributed by atoms with Crippen LogP contribution in [0.3, 0.4) is 0 Å². The fourth-order valence-electron chi connectivity index (χ4n) is 2.18. The van der Waals surface area contributed by atoms with Crippen LogP contribution in [0.5, 0.6) is 11.5 Å². The standard InChI is InChI=1S/C20H25N2O8P/c1-15(19(23)28-14-20(2,3)27-4)21-31(26,29-17-8-6-5-7-9-17)30-18-12-10-16(11-13-18)22(24)25/h5-13,15H,14H2,1-4H3,(H,21,26)/t15-,31?/m0/s1. The van der Waals surface area contributed by atoms with E-state index in [0.29, 0.717) is 0 Å². The zero-order chi connectivity index (χ0) is 23.1. The molecular weight excluding hydrogens is 427 g/mol. The zero-order valence-corrected chi connectivity index (χ0v) is 18.5. The maximum atomic E-state index is 13.4. The van der Waals surface area contributed by atoms with Crippen LogP contribution < -0.4 is 14.1 Å². The van der Waals surface area contributed by atoms with E-state index in [2.05, 4.69) is 5.09 Å². The van der Waals surface area contributed by atoms with Crippen molar-refractivity contribution in [1.29, 1.82) is 0 Å². The van der Waals surface area contributed by atoms with E-state index in [0.717, 1.165) is 0 Å². The fourth-order valence-corrected chi connectivity index (χ4v) is 3.70. The van der Waals surface area contributed by atoms with Crippen LogP contribution >= 0.6 is 7.75 Å². The van der Waals surface area contributed by atoms with Crippen LogP contribution in [0.4, 0.5) is 5.69 Å². The van der Waals surface area contributed by atoms with E-state index >= 15 is 0 Å². The fraction of sp³-hybridized carbons (Fsp3) is 0.350. The molecule has 0 heterocycles. The first-order valence-electron chi connectivity index (χ1n) is 9.32. The summed E-state index contributed by atoms with van der Waals surface area (Å²) in [6, 6.07) is 12.1. The second-order valence-corrected chi connectivity index (χ2v) is 8.78. The molecule has 0 amide bonds. The van der Waals surface area contributed by atoms with Crippen LogP contribution in [0.1, 0.15) is 20.8 Å². The lowest BCUT2D eigenvalue weighted by Gasteiger charge is -2.25. The number of nitro groups is 1. The van der Waals surface area contributed by atoms with Crippen LogP contribution in [-0.4, -0.2) is 36.3 Å². The maximum Gasteiger partial charge on any atom is 0.513 e. The first kappa shape index (κ1) is 24.3. The number of nitrogens with one attached hydrogen (secondary N) is 1. The molecule has 0 aromatic heterocycles. The minimum absolute atomic E-state index is 0.0125. The summed E-state index contributed by atoms with van der Waals surface area (Å²) in [6.07, 6.45) is 0. The summed E-state index contributed by atoms with van der Waals surface area (Å²) in [5.74, 6) is -0.394. The van der Waals surface area contributed by atoms with E-state index < -0.39 is 30.3 Å². The number of esters is 1. The average molecular weight is 452 g/mol. The molecule has 0 aliphatic carbocycles. The number of benzene rings is 2. The smallest absolute Gasteiger partial charge is 0.461 e.